The fraction of sp³-hybridized carbons (Fsp3) is 0.320. The van der Waals surface area contributed by atoms with Crippen LogP contribution in [0.1, 0.15) is 48.2 Å². The Morgan fingerprint density at radius 3 is 2.62 bits per heavy atom. The molecule has 5 rings (SSSR count). The van der Waals surface area contributed by atoms with Crippen LogP contribution in [0.25, 0.3) is 22.8 Å². The number of anilines is 1. The SMILES string of the molecule is Cc1cccc(-c2nc(N)c(F)c(-c3cn(Cc4cccc(C5(O)CCCC5)n4)nn3)n2)c1C. The zero-order valence-electron chi connectivity index (χ0n) is 19.2. The number of halogens is 1. The molecule has 1 saturated carbocycles. The number of nitrogen functional groups attached to an aromatic ring is 1. The zero-order valence-corrected chi connectivity index (χ0v) is 19.2. The second-order valence-corrected chi connectivity index (χ2v) is 8.90. The van der Waals surface area contributed by atoms with E-state index in [9.17, 15) is 9.50 Å². The summed E-state index contributed by atoms with van der Waals surface area (Å²) in [5, 5.41) is 19.1. The number of nitrogens with two attached hydrogens (primary N) is 1. The van der Waals surface area contributed by atoms with Gasteiger partial charge in [-0.1, -0.05) is 42.3 Å². The van der Waals surface area contributed by atoms with Crippen LogP contribution in [0.2, 0.25) is 0 Å². The molecule has 3 aromatic heterocycles. The summed E-state index contributed by atoms with van der Waals surface area (Å²) >= 11 is 0. The molecular formula is C25H26FN7O. The van der Waals surface area contributed by atoms with Crippen molar-refractivity contribution >= 4 is 5.82 Å². The predicted octanol–water partition coefficient (Wildman–Crippen LogP) is 3.95. The van der Waals surface area contributed by atoms with Crippen molar-refractivity contribution in [1.82, 2.24) is 29.9 Å². The van der Waals surface area contributed by atoms with Gasteiger partial charge in [0.05, 0.1) is 24.1 Å². The number of benzene rings is 1. The van der Waals surface area contributed by atoms with Crippen LogP contribution in [0.5, 0.6) is 0 Å². The molecule has 8 nitrogen and oxygen atoms in total. The number of nitrogens with zero attached hydrogens (tertiary/aromatic N) is 6. The van der Waals surface area contributed by atoms with Crippen molar-refractivity contribution in [3.05, 3.63) is 70.9 Å². The van der Waals surface area contributed by atoms with Gasteiger partial charge in [-0.15, -0.1) is 5.10 Å². The van der Waals surface area contributed by atoms with E-state index in [2.05, 4.69) is 25.3 Å². The van der Waals surface area contributed by atoms with Gasteiger partial charge in [0.15, 0.2) is 17.5 Å². The van der Waals surface area contributed by atoms with Crippen molar-refractivity contribution in [2.75, 3.05) is 5.73 Å². The van der Waals surface area contributed by atoms with E-state index in [-0.39, 0.29) is 17.2 Å². The number of hydrogen-bond donors (Lipinski definition) is 2. The first kappa shape index (κ1) is 22.1. The molecular weight excluding hydrogens is 433 g/mol. The topological polar surface area (TPSA) is 116 Å². The van der Waals surface area contributed by atoms with Crippen LogP contribution < -0.4 is 5.73 Å². The maximum Gasteiger partial charge on any atom is 0.193 e. The third kappa shape index (κ3) is 4.03. The molecule has 1 aromatic carbocycles. The van der Waals surface area contributed by atoms with Crippen LogP contribution in [-0.2, 0) is 12.1 Å². The molecule has 0 radical (unpaired) electrons. The molecule has 1 fully saturated rings. The lowest BCUT2D eigenvalue weighted by atomic mass is 9.97. The Morgan fingerprint density at radius 2 is 1.82 bits per heavy atom. The van der Waals surface area contributed by atoms with E-state index in [1.54, 1.807) is 10.9 Å². The van der Waals surface area contributed by atoms with Gasteiger partial charge < -0.3 is 10.8 Å². The van der Waals surface area contributed by atoms with Gasteiger partial charge in [-0.05, 0) is 49.9 Å². The highest BCUT2D eigenvalue weighted by molar-refractivity contribution is 5.67. The lowest BCUT2D eigenvalue weighted by molar-refractivity contribution is 0.0397. The molecule has 3 N–H and O–H groups in total. The van der Waals surface area contributed by atoms with Crippen molar-refractivity contribution in [3.8, 4) is 22.8 Å². The molecule has 0 saturated heterocycles. The Kier molecular flexibility index (Phi) is 5.57. The largest absolute Gasteiger partial charge is 0.384 e. The fourth-order valence-electron chi connectivity index (χ4n) is 4.44. The smallest absolute Gasteiger partial charge is 0.193 e. The molecule has 0 bridgehead atoms. The third-order valence-corrected chi connectivity index (χ3v) is 6.54. The Balaban J connectivity index is 1.45. The predicted molar refractivity (Wildman–Crippen MR) is 126 cm³/mol. The standard InChI is InChI=1S/C25H26FN7O/c1-15-7-5-9-18(16(15)2)24-29-22(21(26)23(27)30-24)19-14-33(32-31-19)13-17-8-6-10-20(28-17)25(34)11-3-4-12-25/h5-10,14,34H,3-4,11-13H2,1-2H3,(H2,27,29,30). The van der Waals surface area contributed by atoms with Gasteiger partial charge in [-0.2, -0.15) is 0 Å². The quantitative estimate of drug-likeness (QED) is 0.464. The Morgan fingerprint density at radius 1 is 1.06 bits per heavy atom. The van der Waals surface area contributed by atoms with Crippen LogP contribution in [0.4, 0.5) is 10.2 Å². The minimum Gasteiger partial charge on any atom is -0.384 e. The van der Waals surface area contributed by atoms with Crippen molar-refractivity contribution in [2.24, 2.45) is 0 Å². The van der Waals surface area contributed by atoms with Crippen LogP contribution >= 0.6 is 0 Å². The van der Waals surface area contributed by atoms with Gasteiger partial charge >= 0.3 is 0 Å². The summed E-state index contributed by atoms with van der Waals surface area (Å²) in [6.07, 6.45) is 5.03. The lowest BCUT2D eigenvalue weighted by Gasteiger charge is -2.21. The normalized spacial score (nSPS) is 15.1. The zero-order chi connectivity index (χ0) is 23.9. The van der Waals surface area contributed by atoms with Crippen molar-refractivity contribution in [1.29, 1.82) is 0 Å². The fourth-order valence-corrected chi connectivity index (χ4v) is 4.44. The van der Waals surface area contributed by atoms with Gasteiger partial charge in [0, 0.05) is 5.56 Å². The van der Waals surface area contributed by atoms with E-state index in [1.807, 2.05) is 50.2 Å². The Hall–Kier alpha value is -3.72. The maximum absolute atomic E-state index is 14.9. The molecule has 9 heteroatoms. The highest BCUT2D eigenvalue weighted by Gasteiger charge is 2.34. The average molecular weight is 460 g/mol. The number of aliphatic hydroxyl groups is 1. The van der Waals surface area contributed by atoms with Crippen molar-refractivity contribution in [2.45, 2.75) is 51.7 Å². The van der Waals surface area contributed by atoms with Crippen molar-refractivity contribution < 1.29 is 9.50 Å². The molecule has 0 unspecified atom stereocenters. The molecule has 0 spiro atoms. The Labute approximate surface area is 196 Å². The summed E-state index contributed by atoms with van der Waals surface area (Å²) in [4.78, 5) is 13.3. The second kappa shape index (κ2) is 8.57. The molecule has 34 heavy (non-hydrogen) atoms. The monoisotopic (exact) mass is 459 g/mol. The van der Waals surface area contributed by atoms with Crippen molar-refractivity contribution in [3.63, 3.8) is 0 Å². The highest BCUT2D eigenvalue weighted by atomic mass is 19.1. The summed E-state index contributed by atoms with van der Waals surface area (Å²) in [5.41, 5.74) is 9.54. The minimum absolute atomic E-state index is 0.00312. The molecule has 0 aliphatic heterocycles. The molecule has 1 aliphatic rings. The molecule has 174 valence electrons. The van der Waals surface area contributed by atoms with Gasteiger partial charge in [0.2, 0.25) is 0 Å². The minimum atomic E-state index is -0.866. The average Bonchev–Trinajstić information content (AvgIpc) is 3.48. The molecule has 0 amide bonds. The van der Waals surface area contributed by atoms with Crippen LogP contribution in [-0.4, -0.2) is 35.1 Å². The van der Waals surface area contributed by atoms with E-state index in [1.165, 1.54) is 0 Å². The van der Waals surface area contributed by atoms with E-state index in [0.29, 0.717) is 30.9 Å². The summed E-state index contributed by atoms with van der Waals surface area (Å²) in [6, 6.07) is 11.4. The summed E-state index contributed by atoms with van der Waals surface area (Å²) in [6.45, 7) is 4.28. The van der Waals surface area contributed by atoms with Gasteiger partial charge in [0.25, 0.3) is 0 Å². The van der Waals surface area contributed by atoms with E-state index in [4.69, 9.17) is 5.73 Å². The van der Waals surface area contributed by atoms with Crippen LogP contribution in [0.3, 0.4) is 0 Å². The molecule has 1 aliphatic carbocycles. The lowest BCUT2D eigenvalue weighted by Crippen LogP contribution is -2.23. The number of pyridine rings is 1. The van der Waals surface area contributed by atoms with Crippen LogP contribution in [0.15, 0.2) is 42.6 Å². The number of hydrogen-bond acceptors (Lipinski definition) is 7. The van der Waals surface area contributed by atoms with E-state index < -0.39 is 11.4 Å². The second-order valence-electron chi connectivity index (χ2n) is 8.90. The highest BCUT2D eigenvalue weighted by Crippen LogP contribution is 2.37. The molecule has 4 aromatic rings. The van der Waals surface area contributed by atoms with Gasteiger partial charge in [0.1, 0.15) is 17.0 Å². The first-order valence-electron chi connectivity index (χ1n) is 11.3. The summed E-state index contributed by atoms with van der Waals surface area (Å²) in [7, 11) is 0. The summed E-state index contributed by atoms with van der Waals surface area (Å²) < 4.78 is 16.5. The Bertz CT molecular complexity index is 1360. The number of rotatable bonds is 5. The molecule has 3 heterocycles. The van der Waals surface area contributed by atoms with Gasteiger partial charge in [-0.3, -0.25) is 4.98 Å². The summed E-state index contributed by atoms with van der Waals surface area (Å²) in [5.74, 6) is -0.636. The maximum atomic E-state index is 14.9. The van der Waals surface area contributed by atoms with Crippen LogP contribution in [0, 0.1) is 19.7 Å². The molecule has 0 atom stereocenters. The first-order valence-corrected chi connectivity index (χ1v) is 11.3. The number of aromatic nitrogens is 6. The van der Waals surface area contributed by atoms with E-state index in [0.717, 1.165) is 35.2 Å². The third-order valence-electron chi connectivity index (χ3n) is 6.54. The van der Waals surface area contributed by atoms with Gasteiger partial charge in [-0.25, -0.2) is 19.0 Å². The number of aryl methyl sites for hydroxylation is 1. The first-order chi connectivity index (χ1) is 16.3. The van der Waals surface area contributed by atoms with E-state index >= 15 is 0 Å².